The molecule has 2 aliphatic heterocycles. The van der Waals surface area contributed by atoms with E-state index in [1.165, 1.54) is 5.56 Å². The van der Waals surface area contributed by atoms with Crippen LogP contribution in [-0.2, 0) is 16.1 Å². The summed E-state index contributed by atoms with van der Waals surface area (Å²) in [6.45, 7) is 8.61. The highest BCUT2D eigenvalue weighted by Gasteiger charge is 2.44. The van der Waals surface area contributed by atoms with Gasteiger partial charge in [0.05, 0.1) is 11.9 Å². The van der Waals surface area contributed by atoms with Crippen LogP contribution in [0.2, 0.25) is 0 Å². The zero-order valence-electron chi connectivity index (χ0n) is 16.6. The summed E-state index contributed by atoms with van der Waals surface area (Å²) < 4.78 is 1.87. The van der Waals surface area contributed by atoms with Gasteiger partial charge in [-0.25, -0.2) is 4.68 Å². The van der Waals surface area contributed by atoms with Gasteiger partial charge in [-0.15, -0.1) is 0 Å². The molecule has 2 fully saturated rings. The Kier molecular flexibility index (Phi) is 4.93. The van der Waals surface area contributed by atoms with Gasteiger partial charge in [0.2, 0.25) is 11.8 Å². The molecule has 1 aromatic carbocycles. The van der Waals surface area contributed by atoms with Crippen LogP contribution >= 0.6 is 0 Å². The summed E-state index contributed by atoms with van der Waals surface area (Å²) in [6.07, 6.45) is 3.89. The molecule has 0 bridgehead atoms. The minimum absolute atomic E-state index is 0.0432. The maximum absolute atomic E-state index is 12.7. The average Bonchev–Trinajstić information content (AvgIpc) is 3.13. The van der Waals surface area contributed by atoms with Gasteiger partial charge in [-0.1, -0.05) is 31.5 Å². The van der Waals surface area contributed by atoms with E-state index in [1.54, 1.807) is 4.90 Å². The van der Waals surface area contributed by atoms with Crippen molar-refractivity contribution in [2.45, 2.75) is 39.4 Å². The Labute approximate surface area is 165 Å². The first-order valence-electron chi connectivity index (χ1n) is 9.86. The second kappa shape index (κ2) is 7.39. The third kappa shape index (κ3) is 3.54. The van der Waals surface area contributed by atoms with Gasteiger partial charge >= 0.3 is 0 Å². The number of hydrogen-bond acceptors (Lipinski definition) is 4. The quantitative estimate of drug-likeness (QED) is 0.868. The molecule has 1 N–H and O–H groups in total. The molecule has 1 aromatic heterocycles. The van der Waals surface area contributed by atoms with Gasteiger partial charge in [0.1, 0.15) is 12.1 Å². The highest BCUT2D eigenvalue weighted by Crippen LogP contribution is 2.21. The molecule has 4 rings (SSSR count). The minimum Gasteiger partial charge on any atom is -0.342 e. The van der Waals surface area contributed by atoms with Crippen LogP contribution in [0.1, 0.15) is 25.0 Å². The van der Waals surface area contributed by atoms with Crippen LogP contribution in [0.5, 0.6) is 0 Å². The van der Waals surface area contributed by atoms with E-state index in [4.69, 9.17) is 0 Å². The molecule has 2 aliphatic rings. The van der Waals surface area contributed by atoms with E-state index in [-0.39, 0.29) is 17.7 Å². The molecular weight excluding hydrogens is 354 g/mol. The summed E-state index contributed by atoms with van der Waals surface area (Å²) in [5.41, 5.74) is 3.34. The Balaban J connectivity index is 1.42. The van der Waals surface area contributed by atoms with Crippen molar-refractivity contribution in [1.82, 2.24) is 24.9 Å². The van der Waals surface area contributed by atoms with Crippen molar-refractivity contribution in [2.75, 3.05) is 19.6 Å². The molecule has 2 aromatic rings. The Bertz CT molecular complexity index is 873. The zero-order valence-corrected chi connectivity index (χ0v) is 16.6. The number of rotatable bonds is 4. The lowest BCUT2D eigenvalue weighted by Crippen LogP contribution is -2.70. The normalized spacial score (nSPS) is 23.1. The fourth-order valence-electron chi connectivity index (χ4n) is 3.95. The summed E-state index contributed by atoms with van der Waals surface area (Å²) in [4.78, 5) is 29.2. The number of hydrogen-bond donors (Lipinski definition) is 1. The first-order chi connectivity index (χ1) is 13.4. The standard InChI is InChI=1S/C21H27N5O2/c1-14(2)19-21(28)25-9-8-24(13-18(25)20(27)23-19)11-16-10-22-26(12-16)17-6-4-15(3)5-7-17/h4-7,10,12,14,18-19H,8-9,11,13H2,1-3H3,(H,23,27)/t18-,19+/m1/s1. The lowest BCUT2D eigenvalue weighted by Gasteiger charge is -2.46. The monoisotopic (exact) mass is 381 g/mol. The lowest BCUT2D eigenvalue weighted by molar-refractivity contribution is -0.154. The van der Waals surface area contributed by atoms with Gasteiger partial charge < -0.3 is 10.2 Å². The van der Waals surface area contributed by atoms with Crippen LogP contribution < -0.4 is 5.32 Å². The number of fused-ring (bicyclic) bond motifs is 1. The molecule has 2 atom stereocenters. The largest absolute Gasteiger partial charge is 0.342 e. The smallest absolute Gasteiger partial charge is 0.246 e. The van der Waals surface area contributed by atoms with Crippen LogP contribution in [0.15, 0.2) is 36.7 Å². The summed E-state index contributed by atoms with van der Waals surface area (Å²) in [5.74, 6) is 0.104. The summed E-state index contributed by atoms with van der Waals surface area (Å²) in [6, 6.07) is 7.44. The minimum atomic E-state index is -0.400. The van der Waals surface area contributed by atoms with Crippen LogP contribution in [0.4, 0.5) is 0 Å². The molecule has 0 unspecified atom stereocenters. The van der Waals surface area contributed by atoms with E-state index >= 15 is 0 Å². The van der Waals surface area contributed by atoms with E-state index in [0.29, 0.717) is 19.6 Å². The predicted molar refractivity (Wildman–Crippen MR) is 106 cm³/mol. The van der Waals surface area contributed by atoms with Crippen molar-refractivity contribution in [3.63, 3.8) is 0 Å². The second-order valence-electron chi connectivity index (χ2n) is 8.14. The molecule has 2 amide bonds. The van der Waals surface area contributed by atoms with Crippen LogP contribution in [0, 0.1) is 12.8 Å². The molecule has 7 nitrogen and oxygen atoms in total. The number of benzene rings is 1. The van der Waals surface area contributed by atoms with Gasteiger partial charge in [0, 0.05) is 37.9 Å². The SMILES string of the molecule is Cc1ccc(-n2cc(CN3CCN4C(=O)[C@H](C(C)C)NC(=O)[C@H]4C3)cn2)cc1. The number of aromatic nitrogens is 2. The van der Waals surface area contributed by atoms with Crippen molar-refractivity contribution in [1.29, 1.82) is 0 Å². The number of carbonyl (C=O) groups is 2. The van der Waals surface area contributed by atoms with Gasteiger partial charge in [-0.3, -0.25) is 14.5 Å². The fourth-order valence-corrected chi connectivity index (χ4v) is 3.95. The molecule has 0 aliphatic carbocycles. The molecule has 2 saturated heterocycles. The molecular formula is C21H27N5O2. The van der Waals surface area contributed by atoms with Crippen LogP contribution in [0.25, 0.3) is 5.69 Å². The maximum atomic E-state index is 12.7. The molecule has 0 saturated carbocycles. The first kappa shape index (κ1) is 18.7. The second-order valence-corrected chi connectivity index (χ2v) is 8.14. The van der Waals surface area contributed by atoms with E-state index < -0.39 is 12.1 Å². The third-order valence-electron chi connectivity index (χ3n) is 5.62. The summed E-state index contributed by atoms with van der Waals surface area (Å²) in [5, 5.41) is 7.37. The van der Waals surface area contributed by atoms with Crippen LogP contribution in [-0.4, -0.2) is 63.1 Å². The van der Waals surface area contributed by atoms with E-state index in [2.05, 4.69) is 34.4 Å². The van der Waals surface area contributed by atoms with E-state index in [9.17, 15) is 9.59 Å². The number of nitrogens with zero attached hydrogens (tertiary/aromatic N) is 4. The van der Waals surface area contributed by atoms with Crippen molar-refractivity contribution in [3.05, 3.63) is 47.8 Å². The van der Waals surface area contributed by atoms with Crippen LogP contribution in [0.3, 0.4) is 0 Å². The molecule has 148 valence electrons. The Morgan fingerprint density at radius 3 is 2.64 bits per heavy atom. The number of nitrogens with one attached hydrogen (secondary N) is 1. The lowest BCUT2D eigenvalue weighted by atomic mass is 9.96. The number of amides is 2. The van der Waals surface area contributed by atoms with Crippen molar-refractivity contribution < 1.29 is 9.59 Å². The van der Waals surface area contributed by atoms with E-state index in [1.807, 2.05) is 43.1 Å². The van der Waals surface area contributed by atoms with Crippen molar-refractivity contribution in [3.8, 4) is 5.69 Å². The molecule has 0 spiro atoms. The molecule has 7 heteroatoms. The topological polar surface area (TPSA) is 70.5 Å². The highest BCUT2D eigenvalue weighted by molar-refractivity contribution is 5.97. The van der Waals surface area contributed by atoms with Crippen molar-refractivity contribution >= 4 is 11.8 Å². The summed E-state index contributed by atoms with van der Waals surface area (Å²) >= 11 is 0. The highest BCUT2D eigenvalue weighted by atomic mass is 16.2. The average molecular weight is 381 g/mol. The fraction of sp³-hybridized carbons (Fsp3) is 0.476. The maximum Gasteiger partial charge on any atom is 0.246 e. The zero-order chi connectivity index (χ0) is 19.8. The Hall–Kier alpha value is -2.67. The van der Waals surface area contributed by atoms with Crippen molar-refractivity contribution in [2.24, 2.45) is 5.92 Å². The van der Waals surface area contributed by atoms with Gasteiger partial charge in [-0.05, 0) is 25.0 Å². The van der Waals surface area contributed by atoms with E-state index in [0.717, 1.165) is 17.8 Å². The first-order valence-corrected chi connectivity index (χ1v) is 9.86. The molecule has 3 heterocycles. The summed E-state index contributed by atoms with van der Waals surface area (Å²) in [7, 11) is 0. The number of aryl methyl sites for hydroxylation is 1. The molecule has 0 radical (unpaired) electrons. The van der Waals surface area contributed by atoms with Gasteiger partial charge in [0.15, 0.2) is 0 Å². The number of carbonyl (C=O) groups excluding carboxylic acids is 2. The van der Waals surface area contributed by atoms with Gasteiger partial charge in [0.25, 0.3) is 0 Å². The number of piperazine rings is 2. The van der Waals surface area contributed by atoms with Gasteiger partial charge in [-0.2, -0.15) is 5.10 Å². The third-order valence-corrected chi connectivity index (χ3v) is 5.62. The predicted octanol–water partition coefficient (Wildman–Crippen LogP) is 1.35. The Morgan fingerprint density at radius 1 is 1.18 bits per heavy atom. The molecule has 28 heavy (non-hydrogen) atoms. The Morgan fingerprint density at radius 2 is 1.93 bits per heavy atom.